The molecule has 120 valence electrons. The molecule has 0 saturated carbocycles. The van der Waals surface area contributed by atoms with E-state index in [1.165, 1.54) is 12.1 Å². The van der Waals surface area contributed by atoms with Gasteiger partial charge in [0.05, 0.1) is 16.9 Å². The molecule has 0 aliphatic carbocycles. The number of rotatable bonds is 5. The van der Waals surface area contributed by atoms with Crippen LogP contribution in [0.1, 0.15) is 26.2 Å². The summed E-state index contributed by atoms with van der Waals surface area (Å²) in [6, 6.07) is 3.55. The number of piperidine rings is 1. The lowest BCUT2D eigenvalue weighted by Gasteiger charge is -2.33. The van der Waals surface area contributed by atoms with Crippen LogP contribution in [-0.4, -0.2) is 30.5 Å². The standard InChI is InChI=1S/C15H20FN3O3/c1-2-7-17-15(20)11-4-3-8-18(10-11)13-6-5-12(16)9-14(13)19(21)22/h5-6,9,11H,2-4,7-8,10H2,1H3,(H,17,20). The van der Waals surface area contributed by atoms with Crippen molar-refractivity contribution in [3.05, 3.63) is 34.1 Å². The van der Waals surface area contributed by atoms with Crippen molar-refractivity contribution in [2.45, 2.75) is 26.2 Å². The molecule has 1 aromatic rings. The first-order valence-corrected chi connectivity index (χ1v) is 7.49. The average molecular weight is 309 g/mol. The maximum atomic E-state index is 13.2. The summed E-state index contributed by atoms with van der Waals surface area (Å²) < 4.78 is 13.2. The molecule has 1 aliphatic heterocycles. The number of nitrogens with zero attached hydrogens (tertiary/aromatic N) is 2. The van der Waals surface area contributed by atoms with Gasteiger partial charge in [-0.05, 0) is 31.4 Å². The molecule has 0 radical (unpaired) electrons. The highest BCUT2D eigenvalue weighted by molar-refractivity contribution is 5.80. The number of carbonyl (C=O) groups is 1. The summed E-state index contributed by atoms with van der Waals surface area (Å²) in [5.74, 6) is -0.842. The minimum absolute atomic E-state index is 0.0173. The summed E-state index contributed by atoms with van der Waals surface area (Å²) in [5.41, 5.74) is 0.119. The number of amides is 1. The molecule has 1 N–H and O–H groups in total. The Balaban J connectivity index is 2.16. The van der Waals surface area contributed by atoms with Gasteiger partial charge < -0.3 is 10.2 Å². The van der Waals surface area contributed by atoms with Gasteiger partial charge in [0, 0.05) is 19.6 Å². The number of halogens is 1. The summed E-state index contributed by atoms with van der Waals surface area (Å²) in [5, 5.41) is 14.0. The number of hydrogen-bond donors (Lipinski definition) is 1. The maximum Gasteiger partial charge on any atom is 0.295 e. The zero-order valence-corrected chi connectivity index (χ0v) is 12.5. The van der Waals surface area contributed by atoms with Crippen LogP contribution >= 0.6 is 0 Å². The lowest BCUT2D eigenvalue weighted by atomic mass is 9.96. The van der Waals surface area contributed by atoms with Gasteiger partial charge in [-0.3, -0.25) is 14.9 Å². The Hall–Kier alpha value is -2.18. The fourth-order valence-corrected chi connectivity index (χ4v) is 2.71. The van der Waals surface area contributed by atoms with E-state index in [1.54, 1.807) is 4.90 Å². The molecule has 0 spiro atoms. The summed E-state index contributed by atoms with van der Waals surface area (Å²) in [4.78, 5) is 24.4. The van der Waals surface area contributed by atoms with Crippen LogP contribution in [0.4, 0.5) is 15.8 Å². The van der Waals surface area contributed by atoms with Gasteiger partial charge in [0.2, 0.25) is 5.91 Å². The Morgan fingerprint density at radius 3 is 3.00 bits per heavy atom. The molecular formula is C15H20FN3O3. The van der Waals surface area contributed by atoms with E-state index in [4.69, 9.17) is 0 Å². The van der Waals surface area contributed by atoms with Crippen LogP contribution in [0.25, 0.3) is 0 Å². The Morgan fingerprint density at radius 1 is 1.55 bits per heavy atom. The second kappa shape index (κ2) is 7.20. The smallest absolute Gasteiger partial charge is 0.295 e. The Kier molecular flexibility index (Phi) is 5.30. The van der Waals surface area contributed by atoms with E-state index in [0.717, 1.165) is 25.3 Å². The van der Waals surface area contributed by atoms with Crippen molar-refractivity contribution >= 4 is 17.3 Å². The third-order valence-electron chi connectivity index (χ3n) is 3.82. The van der Waals surface area contributed by atoms with Crippen molar-refractivity contribution in [1.29, 1.82) is 0 Å². The second-order valence-corrected chi connectivity index (χ2v) is 5.47. The molecule has 1 fully saturated rings. The predicted molar refractivity (Wildman–Crippen MR) is 81.3 cm³/mol. The van der Waals surface area contributed by atoms with Gasteiger partial charge in [-0.25, -0.2) is 4.39 Å². The molecule has 1 aliphatic rings. The van der Waals surface area contributed by atoms with E-state index in [0.29, 0.717) is 25.3 Å². The first-order valence-electron chi connectivity index (χ1n) is 7.49. The number of carbonyl (C=O) groups excluding carboxylic acids is 1. The van der Waals surface area contributed by atoms with E-state index >= 15 is 0 Å². The van der Waals surface area contributed by atoms with Gasteiger partial charge in [-0.1, -0.05) is 6.92 Å². The van der Waals surface area contributed by atoms with Crippen molar-refractivity contribution < 1.29 is 14.1 Å². The zero-order chi connectivity index (χ0) is 16.1. The molecule has 6 nitrogen and oxygen atoms in total. The molecule has 1 atom stereocenters. The molecule has 2 rings (SSSR count). The summed E-state index contributed by atoms with van der Waals surface area (Å²) in [6.07, 6.45) is 2.41. The molecule has 1 aromatic carbocycles. The SMILES string of the molecule is CCCNC(=O)C1CCCN(c2ccc(F)cc2[N+](=O)[O-])C1. The molecule has 1 amide bonds. The van der Waals surface area contributed by atoms with Gasteiger partial charge in [-0.15, -0.1) is 0 Å². The quantitative estimate of drug-likeness (QED) is 0.669. The largest absolute Gasteiger partial charge is 0.365 e. The van der Waals surface area contributed by atoms with Crippen molar-refractivity contribution in [3.8, 4) is 0 Å². The highest BCUT2D eigenvalue weighted by Gasteiger charge is 2.29. The zero-order valence-electron chi connectivity index (χ0n) is 12.5. The maximum absolute atomic E-state index is 13.2. The highest BCUT2D eigenvalue weighted by atomic mass is 19.1. The third-order valence-corrected chi connectivity index (χ3v) is 3.82. The topological polar surface area (TPSA) is 75.5 Å². The fourth-order valence-electron chi connectivity index (χ4n) is 2.71. The van der Waals surface area contributed by atoms with E-state index in [1.807, 2.05) is 6.92 Å². The van der Waals surface area contributed by atoms with Crippen LogP contribution in [-0.2, 0) is 4.79 Å². The van der Waals surface area contributed by atoms with E-state index in [-0.39, 0.29) is 17.5 Å². The van der Waals surface area contributed by atoms with Crippen LogP contribution in [0.3, 0.4) is 0 Å². The molecule has 1 heterocycles. The first-order chi connectivity index (χ1) is 10.5. The average Bonchev–Trinajstić information content (AvgIpc) is 2.52. The summed E-state index contributed by atoms with van der Waals surface area (Å²) >= 11 is 0. The molecule has 1 unspecified atom stereocenters. The minimum atomic E-state index is -0.635. The van der Waals surface area contributed by atoms with Crippen molar-refractivity contribution in [2.24, 2.45) is 5.92 Å². The number of benzene rings is 1. The van der Waals surface area contributed by atoms with Gasteiger partial charge >= 0.3 is 0 Å². The Labute approximate surface area is 128 Å². The van der Waals surface area contributed by atoms with Gasteiger partial charge in [0.25, 0.3) is 5.69 Å². The molecule has 1 saturated heterocycles. The van der Waals surface area contributed by atoms with Crippen LogP contribution in [0.5, 0.6) is 0 Å². The number of anilines is 1. The lowest BCUT2D eigenvalue weighted by Crippen LogP contribution is -2.43. The first kappa shape index (κ1) is 16.2. The van der Waals surface area contributed by atoms with E-state index in [2.05, 4.69) is 5.32 Å². The fraction of sp³-hybridized carbons (Fsp3) is 0.533. The molecule has 7 heteroatoms. The minimum Gasteiger partial charge on any atom is -0.365 e. The van der Waals surface area contributed by atoms with Crippen LogP contribution < -0.4 is 10.2 Å². The number of nitro groups is 1. The summed E-state index contributed by atoms with van der Waals surface area (Å²) in [7, 11) is 0. The Morgan fingerprint density at radius 2 is 2.32 bits per heavy atom. The normalized spacial score (nSPS) is 18.1. The van der Waals surface area contributed by atoms with Crippen LogP contribution in [0.15, 0.2) is 18.2 Å². The lowest BCUT2D eigenvalue weighted by molar-refractivity contribution is -0.384. The van der Waals surface area contributed by atoms with E-state index < -0.39 is 10.7 Å². The number of nitro benzene ring substituents is 1. The molecular weight excluding hydrogens is 289 g/mol. The third kappa shape index (κ3) is 3.72. The Bertz CT molecular complexity index is 565. The highest BCUT2D eigenvalue weighted by Crippen LogP contribution is 2.32. The van der Waals surface area contributed by atoms with Crippen molar-refractivity contribution in [1.82, 2.24) is 5.32 Å². The van der Waals surface area contributed by atoms with Gasteiger partial charge in [0.15, 0.2) is 0 Å². The number of nitrogens with one attached hydrogen (secondary N) is 1. The van der Waals surface area contributed by atoms with Crippen molar-refractivity contribution in [2.75, 3.05) is 24.5 Å². The summed E-state index contributed by atoms with van der Waals surface area (Å²) in [6.45, 7) is 3.66. The molecule has 0 aromatic heterocycles. The predicted octanol–water partition coefficient (Wildman–Crippen LogP) is 2.48. The van der Waals surface area contributed by atoms with E-state index in [9.17, 15) is 19.3 Å². The van der Waals surface area contributed by atoms with Crippen LogP contribution in [0, 0.1) is 21.8 Å². The number of hydrogen-bond acceptors (Lipinski definition) is 4. The second-order valence-electron chi connectivity index (χ2n) is 5.47. The molecule has 22 heavy (non-hydrogen) atoms. The van der Waals surface area contributed by atoms with Crippen LogP contribution in [0.2, 0.25) is 0 Å². The van der Waals surface area contributed by atoms with Crippen molar-refractivity contribution in [3.63, 3.8) is 0 Å². The van der Waals surface area contributed by atoms with Gasteiger partial charge in [-0.2, -0.15) is 0 Å². The van der Waals surface area contributed by atoms with Gasteiger partial charge in [0.1, 0.15) is 11.5 Å². The monoisotopic (exact) mass is 309 g/mol. The molecule has 0 bridgehead atoms.